The summed E-state index contributed by atoms with van der Waals surface area (Å²) in [4.78, 5) is 26.5. The van der Waals surface area contributed by atoms with Crippen LogP contribution in [-0.4, -0.2) is 28.5 Å². The molecule has 5 nitrogen and oxygen atoms in total. The highest BCUT2D eigenvalue weighted by Gasteiger charge is 2.18. The summed E-state index contributed by atoms with van der Waals surface area (Å²) in [5, 5.41) is 12.9. The van der Waals surface area contributed by atoms with Crippen molar-refractivity contribution < 1.29 is 14.7 Å². The fraction of sp³-hybridized carbons (Fsp3) is 0.444. The van der Waals surface area contributed by atoms with Gasteiger partial charge in [0.2, 0.25) is 5.91 Å². The average molecular weight is 316 g/mol. The van der Waals surface area contributed by atoms with Gasteiger partial charge in [-0.15, -0.1) is 0 Å². The third-order valence-corrected chi connectivity index (χ3v) is 4.15. The number of amides is 1. The molecule has 2 aromatic rings. The lowest BCUT2D eigenvalue weighted by Gasteiger charge is -2.12. The zero-order valence-electron chi connectivity index (χ0n) is 13.7. The zero-order valence-corrected chi connectivity index (χ0v) is 13.7. The molecule has 1 unspecified atom stereocenters. The quantitative estimate of drug-likeness (QED) is 0.700. The van der Waals surface area contributed by atoms with Crippen molar-refractivity contribution in [1.82, 2.24) is 10.3 Å². The lowest BCUT2D eigenvalue weighted by molar-refractivity contribution is -0.141. The van der Waals surface area contributed by atoms with Gasteiger partial charge < -0.3 is 15.4 Å². The number of fused-ring (bicyclic) bond motifs is 1. The molecule has 3 N–H and O–H groups in total. The summed E-state index contributed by atoms with van der Waals surface area (Å²) in [6.45, 7) is 4.22. The van der Waals surface area contributed by atoms with Gasteiger partial charge >= 0.3 is 5.97 Å². The van der Waals surface area contributed by atoms with Crippen molar-refractivity contribution in [3.05, 3.63) is 35.5 Å². The minimum Gasteiger partial charge on any atom is -0.481 e. The van der Waals surface area contributed by atoms with Gasteiger partial charge in [0, 0.05) is 23.6 Å². The number of carbonyl (C=O) groups is 2. The number of hydrogen-bond donors (Lipinski definition) is 3. The van der Waals surface area contributed by atoms with E-state index < -0.39 is 11.9 Å². The molecule has 0 bridgehead atoms. The van der Waals surface area contributed by atoms with Gasteiger partial charge in [0.25, 0.3) is 0 Å². The van der Waals surface area contributed by atoms with Crippen LogP contribution >= 0.6 is 0 Å². The van der Waals surface area contributed by atoms with Crippen molar-refractivity contribution >= 4 is 22.8 Å². The summed E-state index contributed by atoms with van der Waals surface area (Å²) in [6, 6.07) is 6.08. The third-order valence-electron chi connectivity index (χ3n) is 4.15. The van der Waals surface area contributed by atoms with Gasteiger partial charge in [-0.1, -0.05) is 38.5 Å². The first-order chi connectivity index (χ1) is 11.1. The van der Waals surface area contributed by atoms with Crippen molar-refractivity contribution in [2.45, 2.75) is 39.5 Å². The number of aliphatic carboxylic acids is 1. The number of aryl methyl sites for hydroxylation is 1. The maximum Gasteiger partial charge on any atom is 0.308 e. The highest BCUT2D eigenvalue weighted by molar-refractivity contribution is 5.90. The lowest BCUT2D eigenvalue weighted by atomic mass is 10.0. The summed E-state index contributed by atoms with van der Waals surface area (Å²) in [7, 11) is 0. The summed E-state index contributed by atoms with van der Waals surface area (Å²) >= 11 is 0. The second-order valence-corrected chi connectivity index (χ2v) is 5.81. The SMILES string of the molecule is CCCC(CNC(=O)Cc1c[nH]c2c(CC)cccc12)C(=O)O. The molecule has 0 aliphatic heterocycles. The molecule has 124 valence electrons. The second-order valence-electron chi connectivity index (χ2n) is 5.81. The molecule has 0 fully saturated rings. The molecule has 1 aromatic heterocycles. The van der Waals surface area contributed by atoms with Crippen LogP contribution in [0.1, 0.15) is 37.8 Å². The van der Waals surface area contributed by atoms with Gasteiger partial charge in [0.1, 0.15) is 0 Å². The van der Waals surface area contributed by atoms with E-state index in [2.05, 4.69) is 23.3 Å². The third kappa shape index (κ3) is 4.12. The topological polar surface area (TPSA) is 82.2 Å². The number of para-hydroxylation sites is 1. The van der Waals surface area contributed by atoms with E-state index in [1.165, 1.54) is 5.56 Å². The number of benzene rings is 1. The first-order valence-electron chi connectivity index (χ1n) is 8.14. The van der Waals surface area contributed by atoms with Crippen molar-refractivity contribution in [2.75, 3.05) is 6.54 Å². The minimum atomic E-state index is -0.855. The normalized spacial score (nSPS) is 12.3. The maximum atomic E-state index is 12.1. The van der Waals surface area contributed by atoms with Crippen LogP contribution in [0, 0.1) is 5.92 Å². The molecule has 1 heterocycles. The van der Waals surface area contributed by atoms with Gasteiger partial charge in [0.05, 0.1) is 12.3 Å². The average Bonchev–Trinajstić information content (AvgIpc) is 2.94. The molecular formula is C18H24N2O3. The number of hydrogen-bond acceptors (Lipinski definition) is 2. The van der Waals surface area contributed by atoms with E-state index >= 15 is 0 Å². The number of H-pyrrole nitrogens is 1. The fourth-order valence-corrected chi connectivity index (χ4v) is 2.85. The van der Waals surface area contributed by atoms with Crippen LogP contribution in [-0.2, 0) is 22.4 Å². The monoisotopic (exact) mass is 316 g/mol. The van der Waals surface area contributed by atoms with Gasteiger partial charge in [-0.3, -0.25) is 9.59 Å². The van der Waals surface area contributed by atoms with Gasteiger partial charge in [-0.05, 0) is 24.0 Å². The number of nitrogens with one attached hydrogen (secondary N) is 2. The standard InChI is InChI=1S/C18H24N2O3/c1-3-6-13(18(22)23)10-19-16(21)9-14-11-20-17-12(4-2)7-5-8-15(14)17/h5,7-8,11,13,20H,3-4,6,9-10H2,1-2H3,(H,19,21)(H,22,23). The van der Waals surface area contributed by atoms with Crippen LogP contribution in [0.25, 0.3) is 10.9 Å². The smallest absolute Gasteiger partial charge is 0.308 e. The van der Waals surface area contributed by atoms with Crippen LogP contribution in [0.4, 0.5) is 0 Å². The van der Waals surface area contributed by atoms with Gasteiger partial charge in [-0.25, -0.2) is 0 Å². The van der Waals surface area contributed by atoms with Crippen LogP contribution < -0.4 is 5.32 Å². The molecule has 1 atom stereocenters. The largest absolute Gasteiger partial charge is 0.481 e. The second kappa shape index (κ2) is 7.81. The molecule has 1 aromatic carbocycles. The maximum absolute atomic E-state index is 12.1. The molecule has 0 radical (unpaired) electrons. The number of aromatic amines is 1. The van der Waals surface area contributed by atoms with E-state index in [0.29, 0.717) is 6.42 Å². The Labute approximate surface area is 136 Å². The molecule has 1 amide bonds. The van der Waals surface area contributed by atoms with Crippen molar-refractivity contribution in [3.8, 4) is 0 Å². The highest BCUT2D eigenvalue weighted by atomic mass is 16.4. The van der Waals surface area contributed by atoms with Crippen LogP contribution in [0.2, 0.25) is 0 Å². The predicted molar refractivity (Wildman–Crippen MR) is 90.4 cm³/mol. The molecule has 0 aliphatic rings. The number of carbonyl (C=O) groups excluding carboxylic acids is 1. The van der Waals surface area contributed by atoms with Crippen molar-refractivity contribution in [1.29, 1.82) is 0 Å². The molecule has 0 saturated heterocycles. The van der Waals surface area contributed by atoms with Gasteiger partial charge in [-0.2, -0.15) is 0 Å². The molecular weight excluding hydrogens is 292 g/mol. The molecule has 2 rings (SSSR count). The molecule has 0 saturated carbocycles. The predicted octanol–water partition coefficient (Wildman–Crippen LogP) is 2.89. The Kier molecular flexibility index (Phi) is 5.79. The van der Waals surface area contributed by atoms with Crippen LogP contribution in [0.15, 0.2) is 24.4 Å². The Balaban J connectivity index is 2.02. The van der Waals surface area contributed by atoms with E-state index in [9.17, 15) is 9.59 Å². The first kappa shape index (κ1) is 17.1. The Morgan fingerprint density at radius 1 is 1.26 bits per heavy atom. The van der Waals surface area contributed by atoms with E-state index in [-0.39, 0.29) is 18.9 Å². The molecule has 0 aliphatic carbocycles. The van der Waals surface area contributed by atoms with Crippen molar-refractivity contribution in [2.24, 2.45) is 5.92 Å². The fourth-order valence-electron chi connectivity index (χ4n) is 2.85. The summed E-state index contributed by atoms with van der Waals surface area (Å²) in [5.74, 6) is -1.51. The van der Waals surface area contributed by atoms with E-state index in [0.717, 1.165) is 29.3 Å². The number of carboxylic acid groups (broad SMARTS) is 1. The molecule has 23 heavy (non-hydrogen) atoms. The highest BCUT2D eigenvalue weighted by Crippen LogP contribution is 2.22. The zero-order chi connectivity index (χ0) is 16.8. The minimum absolute atomic E-state index is 0.143. The number of aromatic nitrogens is 1. The lowest BCUT2D eigenvalue weighted by Crippen LogP contribution is -2.33. The first-order valence-corrected chi connectivity index (χ1v) is 8.14. The Hall–Kier alpha value is -2.30. The van der Waals surface area contributed by atoms with Crippen molar-refractivity contribution in [3.63, 3.8) is 0 Å². The molecule has 0 spiro atoms. The van der Waals surface area contributed by atoms with E-state index in [4.69, 9.17) is 5.11 Å². The Morgan fingerprint density at radius 2 is 2.04 bits per heavy atom. The van der Waals surface area contributed by atoms with Gasteiger partial charge in [0.15, 0.2) is 0 Å². The Bertz CT molecular complexity index is 691. The van der Waals surface area contributed by atoms with E-state index in [1.807, 2.05) is 25.3 Å². The summed E-state index contributed by atoms with van der Waals surface area (Å²) in [6.07, 6.45) is 4.41. The van der Waals surface area contributed by atoms with Crippen LogP contribution in [0.3, 0.4) is 0 Å². The number of rotatable bonds is 8. The Morgan fingerprint density at radius 3 is 2.70 bits per heavy atom. The molecule has 5 heteroatoms. The van der Waals surface area contributed by atoms with Crippen LogP contribution in [0.5, 0.6) is 0 Å². The number of carboxylic acids is 1. The summed E-state index contributed by atoms with van der Waals surface area (Å²) < 4.78 is 0. The van der Waals surface area contributed by atoms with E-state index in [1.54, 1.807) is 0 Å². The summed E-state index contributed by atoms with van der Waals surface area (Å²) in [5.41, 5.74) is 3.24.